The van der Waals surface area contributed by atoms with Crippen LogP contribution in [0.1, 0.15) is 47.0 Å². The van der Waals surface area contributed by atoms with Gasteiger partial charge in [-0.1, -0.05) is 24.8 Å². The van der Waals surface area contributed by atoms with Crippen LogP contribution in [-0.2, 0) is 32.7 Å². The molecule has 12 heteroatoms. The summed E-state index contributed by atoms with van der Waals surface area (Å²) in [6.45, 7) is 6.83. The van der Waals surface area contributed by atoms with E-state index in [4.69, 9.17) is 18.5 Å². The van der Waals surface area contributed by atoms with E-state index >= 15 is 8.78 Å². The molecule has 0 radical (unpaired) electrons. The molecule has 4 aliphatic carbocycles. The van der Waals surface area contributed by atoms with Crippen molar-refractivity contribution in [2.45, 2.75) is 76.1 Å². The third-order valence-electron chi connectivity index (χ3n) is 9.46. The summed E-state index contributed by atoms with van der Waals surface area (Å²) in [5.74, 6) is -2.23. The number of allylic oxidation sites excluding steroid dienone is 4. The molecule has 1 saturated heterocycles. The quantitative estimate of drug-likeness (QED) is 0.262. The molecule has 0 unspecified atom stereocenters. The van der Waals surface area contributed by atoms with Gasteiger partial charge in [-0.25, -0.2) is 13.2 Å². The minimum Gasteiger partial charge on any atom is -0.362 e. The Labute approximate surface area is 224 Å². The van der Waals surface area contributed by atoms with Crippen molar-refractivity contribution >= 4 is 30.3 Å². The molecule has 0 N–H and O–H groups in total. The zero-order chi connectivity index (χ0) is 27.7. The lowest BCUT2D eigenvalue weighted by Gasteiger charge is -2.60. The lowest BCUT2D eigenvalue weighted by atomic mass is 9.47. The van der Waals surface area contributed by atoms with Gasteiger partial charge < -0.3 is 18.5 Å². The maximum atomic E-state index is 18.0. The fourth-order valence-electron chi connectivity index (χ4n) is 7.96. The number of thioether (sulfide) groups is 1. The van der Waals surface area contributed by atoms with Crippen molar-refractivity contribution in [3.05, 3.63) is 23.8 Å². The monoisotopic (exact) mass is 578 g/mol. The zero-order valence-electron chi connectivity index (χ0n) is 21.9. The van der Waals surface area contributed by atoms with Gasteiger partial charge in [-0.05, 0) is 63.2 Å². The Morgan fingerprint density at radius 1 is 1.24 bits per heavy atom. The summed E-state index contributed by atoms with van der Waals surface area (Å²) in [5.41, 5.74) is -6.18. The number of halogens is 3. The number of epoxide rings is 1. The van der Waals surface area contributed by atoms with Gasteiger partial charge >= 0.3 is 7.60 Å². The van der Waals surface area contributed by atoms with Gasteiger partial charge in [0, 0.05) is 17.8 Å². The minimum atomic E-state index is -3.75. The average molecular weight is 579 g/mol. The second-order valence-electron chi connectivity index (χ2n) is 11.1. The highest BCUT2D eigenvalue weighted by molar-refractivity contribution is 8.13. The molecule has 0 aromatic heterocycles. The van der Waals surface area contributed by atoms with Crippen LogP contribution in [0.15, 0.2) is 23.8 Å². The highest BCUT2D eigenvalue weighted by Gasteiger charge is 2.88. The second kappa shape index (κ2) is 9.55. The van der Waals surface area contributed by atoms with Crippen molar-refractivity contribution in [3.63, 3.8) is 0 Å². The van der Waals surface area contributed by atoms with Crippen LogP contribution in [0.2, 0.25) is 0 Å². The summed E-state index contributed by atoms with van der Waals surface area (Å²) >= 11 is 0.521. The Morgan fingerprint density at radius 2 is 1.92 bits per heavy atom. The molecule has 0 aromatic carbocycles. The van der Waals surface area contributed by atoms with Gasteiger partial charge in [-0.2, -0.15) is 0 Å². The highest BCUT2D eigenvalue weighted by atomic mass is 32.2. The Balaban J connectivity index is 1.59. The summed E-state index contributed by atoms with van der Waals surface area (Å²) in [7, 11) is -3.75. The number of fused-ring (bicyclic) bond motifs is 4. The second-order valence-corrected chi connectivity index (χ2v) is 13.9. The number of hydrogen-bond acceptors (Lipinski definition) is 8. The maximum absolute atomic E-state index is 18.0. The van der Waals surface area contributed by atoms with E-state index in [1.54, 1.807) is 20.8 Å². The van der Waals surface area contributed by atoms with Gasteiger partial charge in [0.25, 0.3) is 0 Å². The highest BCUT2D eigenvalue weighted by Crippen LogP contribution is 2.77. The Morgan fingerprint density at radius 3 is 2.55 bits per heavy atom. The van der Waals surface area contributed by atoms with Crippen molar-refractivity contribution in [3.8, 4) is 0 Å². The lowest BCUT2D eigenvalue weighted by Crippen LogP contribution is -2.68. The van der Waals surface area contributed by atoms with Crippen LogP contribution >= 0.6 is 19.4 Å². The molecule has 1 spiro atoms. The SMILES string of the molecule is CCOP(=O)(CO[C@H]1C[C@]23O[C@]2(C(=O)SCF)[C@H](C)C[C@H]3[C@@H]2C[C@H](F)C3=CC(=O)C=C[C@]3(C)[C@@]12F)OCC. The molecular formula is C26H34F3O7PS. The van der Waals surface area contributed by atoms with E-state index in [0.717, 1.165) is 6.08 Å². The Bertz CT molecular complexity index is 1120. The maximum Gasteiger partial charge on any atom is 0.356 e. The summed E-state index contributed by atoms with van der Waals surface area (Å²) in [6, 6.07) is -0.919. The molecule has 38 heavy (non-hydrogen) atoms. The van der Waals surface area contributed by atoms with Crippen LogP contribution in [0.25, 0.3) is 0 Å². The summed E-state index contributed by atoms with van der Waals surface area (Å²) < 4.78 is 83.2. The molecule has 0 aromatic rings. The van der Waals surface area contributed by atoms with Crippen molar-refractivity contribution in [1.82, 2.24) is 0 Å². The van der Waals surface area contributed by atoms with Gasteiger partial charge in [0.05, 0.1) is 19.3 Å². The fourth-order valence-corrected chi connectivity index (χ4v) is 10.1. The van der Waals surface area contributed by atoms with Gasteiger partial charge in [0.1, 0.15) is 24.1 Å². The van der Waals surface area contributed by atoms with Gasteiger partial charge in [-0.3, -0.25) is 14.2 Å². The van der Waals surface area contributed by atoms with E-state index in [0.29, 0.717) is 18.2 Å². The van der Waals surface area contributed by atoms with Crippen molar-refractivity contribution in [2.24, 2.45) is 23.2 Å². The molecule has 1 aliphatic heterocycles. The van der Waals surface area contributed by atoms with Crippen LogP contribution in [0.3, 0.4) is 0 Å². The number of rotatable bonds is 9. The van der Waals surface area contributed by atoms with E-state index in [1.165, 1.54) is 12.2 Å². The van der Waals surface area contributed by atoms with Crippen LogP contribution < -0.4 is 0 Å². The standard InChI is InChI=1S/C26H34F3O7PS/c1-5-34-37(32,35-6-2)14-33-21-12-24-17(9-15(3)26(24,36-24)22(31)38-13-27)18-11-20(28)19-10-16(30)7-8-23(19,4)25(18,21)29/h7-8,10,15,17-18,20-21H,5-6,9,11-14H2,1-4H3/t15-,17+,18+,20+,21+,23+,24-,25+,26+/m1/s1. The Hall–Kier alpha value is -0.970. The third-order valence-corrected chi connectivity index (χ3v) is 11.9. The molecule has 7 nitrogen and oxygen atoms in total. The smallest absolute Gasteiger partial charge is 0.356 e. The summed E-state index contributed by atoms with van der Waals surface area (Å²) in [6.07, 6.45) is 0.474. The van der Waals surface area contributed by atoms with Crippen LogP contribution in [0.5, 0.6) is 0 Å². The molecule has 1 heterocycles. The van der Waals surface area contributed by atoms with Crippen LogP contribution in [-0.4, -0.2) is 65.6 Å². The molecule has 0 amide bonds. The molecule has 5 rings (SSSR count). The van der Waals surface area contributed by atoms with Crippen molar-refractivity contribution < 1.29 is 45.8 Å². The first kappa shape index (κ1) is 28.6. The number of ether oxygens (including phenoxy) is 2. The first-order valence-corrected chi connectivity index (χ1v) is 15.8. The molecule has 4 fully saturated rings. The number of carbonyl (C=O) groups excluding carboxylic acids is 2. The predicted octanol–water partition coefficient (Wildman–Crippen LogP) is 5.49. The molecule has 3 saturated carbocycles. The normalized spacial score (nSPS) is 45.1. The molecule has 0 bridgehead atoms. The Kier molecular flexibility index (Phi) is 7.18. The van der Waals surface area contributed by atoms with E-state index in [1.807, 2.05) is 6.92 Å². The summed E-state index contributed by atoms with van der Waals surface area (Å²) in [4.78, 5) is 25.3. The number of hydrogen-bond donors (Lipinski definition) is 0. The van der Waals surface area contributed by atoms with Crippen LogP contribution in [0.4, 0.5) is 13.2 Å². The van der Waals surface area contributed by atoms with Crippen molar-refractivity contribution in [1.29, 1.82) is 0 Å². The number of ketones is 1. The molecule has 5 aliphatic rings. The fraction of sp³-hybridized carbons (Fsp3) is 0.769. The molecule has 212 valence electrons. The van der Waals surface area contributed by atoms with Gasteiger partial charge in [-0.15, -0.1) is 0 Å². The largest absolute Gasteiger partial charge is 0.362 e. The van der Waals surface area contributed by atoms with E-state index in [9.17, 15) is 18.5 Å². The number of alkyl halides is 3. The first-order chi connectivity index (χ1) is 17.9. The van der Waals surface area contributed by atoms with E-state index in [-0.39, 0.29) is 37.5 Å². The van der Waals surface area contributed by atoms with E-state index in [2.05, 4.69) is 0 Å². The minimum absolute atomic E-state index is 0.0455. The summed E-state index contributed by atoms with van der Waals surface area (Å²) in [5, 5.41) is -0.461. The van der Waals surface area contributed by atoms with Gasteiger partial charge in [0.2, 0.25) is 5.12 Å². The topological polar surface area (TPSA) is 91.4 Å². The van der Waals surface area contributed by atoms with Gasteiger partial charge in [0.15, 0.2) is 17.1 Å². The predicted molar refractivity (Wildman–Crippen MR) is 135 cm³/mol. The average Bonchev–Trinajstić information content (AvgIpc) is 3.47. The number of carbonyl (C=O) groups is 2. The third kappa shape index (κ3) is 3.68. The van der Waals surface area contributed by atoms with Crippen molar-refractivity contribution in [2.75, 3.05) is 25.6 Å². The van der Waals surface area contributed by atoms with E-state index < -0.39 is 77.2 Å². The molecule has 9 atom stereocenters. The lowest BCUT2D eigenvalue weighted by molar-refractivity contribution is -0.200. The van der Waals surface area contributed by atoms with Crippen LogP contribution in [0, 0.1) is 23.2 Å². The molecular weight excluding hydrogens is 544 g/mol. The first-order valence-electron chi connectivity index (χ1n) is 13.1. The zero-order valence-corrected chi connectivity index (χ0v) is 23.6.